The summed E-state index contributed by atoms with van der Waals surface area (Å²) in [6.45, 7) is 3.43. The van der Waals surface area contributed by atoms with Gasteiger partial charge in [0.15, 0.2) is 0 Å². The van der Waals surface area contributed by atoms with Gasteiger partial charge in [-0.15, -0.1) is 0 Å². The summed E-state index contributed by atoms with van der Waals surface area (Å²) in [5.74, 6) is 0.924. The number of carbonyl (C=O) groups is 1. The van der Waals surface area contributed by atoms with Crippen molar-refractivity contribution in [2.24, 2.45) is 0 Å². The minimum absolute atomic E-state index is 0.143. The lowest BCUT2D eigenvalue weighted by molar-refractivity contribution is -0.133. The molecule has 1 amide bonds. The Kier molecular flexibility index (Phi) is 4.75. The van der Waals surface area contributed by atoms with Crippen LogP contribution in [0.1, 0.15) is 24.6 Å². The summed E-state index contributed by atoms with van der Waals surface area (Å²) in [6.07, 6.45) is 1.62. The van der Waals surface area contributed by atoms with Crippen molar-refractivity contribution < 1.29 is 9.53 Å². The molecular formula is C22H25N3O2. The van der Waals surface area contributed by atoms with Gasteiger partial charge < -0.3 is 19.9 Å². The van der Waals surface area contributed by atoms with Gasteiger partial charge in [0.05, 0.1) is 13.7 Å². The maximum atomic E-state index is 13.1. The van der Waals surface area contributed by atoms with E-state index in [1.54, 1.807) is 7.11 Å². The summed E-state index contributed by atoms with van der Waals surface area (Å²) in [5.41, 5.74) is 4.56. The van der Waals surface area contributed by atoms with Gasteiger partial charge in [-0.25, -0.2) is 0 Å². The van der Waals surface area contributed by atoms with Gasteiger partial charge in [0, 0.05) is 34.9 Å². The Hall–Kier alpha value is -2.95. The number of hydrogen-bond donors (Lipinski definition) is 2. The number of H-pyrrole nitrogens is 1. The molecule has 2 heterocycles. The highest BCUT2D eigenvalue weighted by Gasteiger charge is 2.28. The molecule has 5 nitrogen and oxygen atoms in total. The smallest absolute Gasteiger partial charge is 0.245 e. The fourth-order valence-electron chi connectivity index (χ4n) is 3.85. The normalized spacial score (nSPS) is 14.7. The number of nitrogens with one attached hydrogen (secondary N) is 2. The van der Waals surface area contributed by atoms with Crippen LogP contribution in [-0.4, -0.2) is 35.5 Å². The van der Waals surface area contributed by atoms with Crippen LogP contribution >= 0.6 is 0 Å². The predicted octanol–water partition coefficient (Wildman–Crippen LogP) is 3.95. The summed E-state index contributed by atoms with van der Waals surface area (Å²) in [5, 5.41) is 4.65. The average Bonchev–Trinajstić information content (AvgIpc) is 3.09. The van der Waals surface area contributed by atoms with Crippen LogP contribution in [0, 0.1) is 0 Å². The minimum Gasteiger partial charge on any atom is -0.497 e. The van der Waals surface area contributed by atoms with Gasteiger partial charge in [-0.3, -0.25) is 4.79 Å². The summed E-state index contributed by atoms with van der Waals surface area (Å²) in [4.78, 5) is 18.6. The van der Waals surface area contributed by atoms with Gasteiger partial charge in [-0.05, 0) is 36.6 Å². The third kappa shape index (κ3) is 3.37. The van der Waals surface area contributed by atoms with Crippen LogP contribution in [0.15, 0.2) is 48.5 Å². The first-order valence-electron chi connectivity index (χ1n) is 9.47. The molecule has 0 saturated carbocycles. The highest BCUT2D eigenvalue weighted by atomic mass is 16.5. The summed E-state index contributed by atoms with van der Waals surface area (Å²) < 4.78 is 5.28. The molecule has 1 aromatic heterocycles. The van der Waals surface area contributed by atoms with E-state index in [4.69, 9.17) is 4.74 Å². The van der Waals surface area contributed by atoms with Crippen LogP contribution in [0.3, 0.4) is 0 Å². The van der Waals surface area contributed by atoms with Gasteiger partial charge in [0.25, 0.3) is 0 Å². The van der Waals surface area contributed by atoms with E-state index in [0.717, 1.165) is 42.0 Å². The minimum atomic E-state index is -0.247. The maximum absolute atomic E-state index is 13.1. The first kappa shape index (κ1) is 17.5. The van der Waals surface area contributed by atoms with Crippen molar-refractivity contribution in [2.45, 2.75) is 32.4 Å². The number of amides is 1. The highest BCUT2D eigenvalue weighted by Crippen LogP contribution is 2.28. The fraction of sp³-hybridized carbons (Fsp3) is 0.318. The van der Waals surface area contributed by atoms with Crippen molar-refractivity contribution in [1.82, 2.24) is 9.88 Å². The maximum Gasteiger partial charge on any atom is 0.245 e. The molecule has 0 spiro atoms. The fourth-order valence-corrected chi connectivity index (χ4v) is 3.85. The Balaban J connectivity index is 1.51. The Bertz CT molecular complexity index is 963. The van der Waals surface area contributed by atoms with Crippen LogP contribution in [-0.2, 0) is 17.8 Å². The van der Waals surface area contributed by atoms with E-state index in [2.05, 4.69) is 28.5 Å². The molecular weight excluding hydrogens is 338 g/mol. The summed E-state index contributed by atoms with van der Waals surface area (Å²) in [7, 11) is 1.65. The zero-order valence-corrected chi connectivity index (χ0v) is 15.8. The first-order valence-corrected chi connectivity index (χ1v) is 9.47. The number of nitrogens with zero attached hydrogens (tertiary/aromatic N) is 1. The third-order valence-corrected chi connectivity index (χ3v) is 5.31. The van der Waals surface area contributed by atoms with E-state index in [1.807, 2.05) is 42.2 Å². The molecule has 1 aliphatic heterocycles. The number of ether oxygens (including phenoxy) is 1. The molecule has 0 radical (unpaired) electrons. The van der Waals surface area contributed by atoms with E-state index in [1.165, 1.54) is 10.9 Å². The quantitative estimate of drug-likeness (QED) is 0.722. The molecule has 2 N–H and O–H groups in total. The number of benzene rings is 2. The second-order valence-electron chi connectivity index (χ2n) is 6.97. The van der Waals surface area contributed by atoms with Crippen molar-refractivity contribution >= 4 is 22.5 Å². The number of aromatic amines is 1. The second-order valence-corrected chi connectivity index (χ2v) is 6.97. The number of hydrogen-bond acceptors (Lipinski definition) is 3. The average molecular weight is 363 g/mol. The number of aromatic nitrogens is 1. The topological polar surface area (TPSA) is 57.4 Å². The molecule has 5 heteroatoms. The van der Waals surface area contributed by atoms with Crippen molar-refractivity contribution in [2.75, 3.05) is 19.0 Å². The highest BCUT2D eigenvalue weighted by molar-refractivity contribution is 5.87. The van der Waals surface area contributed by atoms with E-state index < -0.39 is 0 Å². The number of anilines is 1. The van der Waals surface area contributed by atoms with Gasteiger partial charge in [-0.2, -0.15) is 0 Å². The molecule has 0 saturated heterocycles. The molecule has 0 bridgehead atoms. The van der Waals surface area contributed by atoms with Crippen LogP contribution in [0.4, 0.5) is 5.69 Å². The Labute approximate surface area is 159 Å². The molecule has 1 aliphatic rings. The SMILES string of the molecule is CC[C@@H](Nc1cccc(OC)c1)C(=O)N1CCc2c([nH]c3ccccc23)C1. The molecule has 2 aromatic carbocycles. The zero-order valence-electron chi connectivity index (χ0n) is 15.8. The van der Waals surface area contributed by atoms with Crippen LogP contribution < -0.4 is 10.1 Å². The molecule has 0 fully saturated rings. The van der Waals surface area contributed by atoms with Gasteiger partial charge >= 0.3 is 0 Å². The van der Waals surface area contributed by atoms with E-state index in [9.17, 15) is 4.79 Å². The summed E-state index contributed by atoms with van der Waals surface area (Å²) >= 11 is 0. The molecule has 0 unspecified atom stereocenters. The van der Waals surface area contributed by atoms with Crippen LogP contribution in [0.25, 0.3) is 10.9 Å². The number of carbonyl (C=O) groups excluding carboxylic acids is 1. The molecule has 0 aliphatic carbocycles. The molecule has 1 atom stereocenters. The van der Waals surface area contributed by atoms with Crippen molar-refractivity contribution in [3.05, 3.63) is 59.8 Å². The van der Waals surface area contributed by atoms with Crippen molar-refractivity contribution in [3.8, 4) is 5.75 Å². The Morgan fingerprint density at radius 2 is 2.11 bits per heavy atom. The van der Waals surface area contributed by atoms with E-state index in [0.29, 0.717) is 6.54 Å². The lowest BCUT2D eigenvalue weighted by Crippen LogP contribution is -2.44. The van der Waals surface area contributed by atoms with Gasteiger partial charge in [-0.1, -0.05) is 31.2 Å². The number of fused-ring (bicyclic) bond motifs is 3. The van der Waals surface area contributed by atoms with E-state index >= 15 is 0 Å². The zero-order chi connectivity index (χ0) is 18.8. The van der Waals surface area contributed by atoms with Crippen molar-refractivity contribution in [3.63, 3.8) is 0 Å². The van der Waals surface area contributed by atoms with Gasteiger partial charge in [0.1, 0.15) is 11.8 Å². The molecule has 27 heavy (non-hydrogen) atoms. The monoisotopic (exact) mass is 363 g/mol. The Morgan fingerprint density at radius 1 is 1.26 bits per heavy atom. The standard InChI is InChI=1S/C22H25N3O2/c1-3-19(23-15-7-6-8-16(13-15)27-2)22(26)25-12-11-18-17-9-4-5-10-20(17)24-21(18)14-25/h4-10,13,19,23-24H,3,11-12,14H2,1-2H3/t19-/m1/s1. The van der Waals surface area contributed by atoms with Gasteiger partial charge in [0.2, 0.25) is 5.91 Å². The Morgan fingerprint density at radius 3 is 2.93 bits per heavy atom. The van der Waals surface area contributed by atoms with Crippen molar-refractivity contribution in [1.29, 1.82) is 0 Å². The number of para-hydroxylation sites is 1. The first-order chi connectivity index (χ1) is 13.2. The third-order valence-electron chi connectivity index (χ3n) is 5.31. The van der Waals surface area contributed by atoms with Crippen LogP contribution in [0.2, 0.25) is 0 Å². The largest absolute Gasteiger partial charge is 0.497 e. The molecule has 140 valence electrons. The predicted molar refractivity (Wildman–Crippen MR) is 108 cm³/mol. The molecule has 4 rings (SSSR count). The lowest BCUT2D eigenvalue weighted by Gasteiger charge is -2.31. The number of rotatable bonds is 5. The summed E-state index contributed by atoms with van der Waals surface area (Å²) in [6, 6.07) is 15.8. The second kappa shape index (κ2) is 7.35. The van der Waals surface area contributed by atoms with Crippen LogP contribution in [0.5, 0.6) is 5.75 Å². The van der Waals surface area contributed by atoms with E-state index in [-0.39, 0.29) is 11.9 Å². The number of methoxy groups -OCH3 is 1. The lowest BCUT2D eigenvalue weighted by atomic mass is 10.0. The molecule has 3 aromatic rings.